The molecule has 5 rings (SSSR count). The van der Waals surface area contributed by atoms with Crippen molar-refractivity contribution < 1.29 is 9.47 Å². The van der Waals surface area contributed by atoms with Gasteiger partial charge in [-0.1, -0.05) is 44.2 Å². The number of anilines is 1. The third-order valence-corrected chi connectivity index (χ3v) is 5.94. The van der Waals surface area contributed by atoms with Crippen LogP contribution in [0.25, 0.3) is 28.0 Å². The molecule has 34 heavy (non-hydrogen) atoms. The molecule has 1 aliphatic rings. The molecule has 1 saturated heterocycles. The molecule has 0 unspecified atom stereocenters. The van der Waals surface area contributed by atoms with Crippen LogP contribution in [0.1, 0.15) is 13.8 Å². The fourth-order valence-electron chi connectivity index (χ4n) is 4.17. The van der Waals surface area contributed by atoms with Gasteiger partial charge in [-0.15, -0.1) is 0 Å². The second-order valence-corrected chi connectivity index (χ2v) is 8.94. The molecule has 1 fully saturated rings. The first-order chi connectivity index (χ1) is 16.6. The minimum Gasteiger partial charge on any atom is -0.493 e. The largest absolute Gasteiger partial charge is 0.493 e. The van der Waals surface area contributed by atoms with E-state index in [9.17, 15) is 4.79 Å². The van der Waals surface area contributed by atoms with Gasteiger partial charge in [0.1, 0.15) is 11.6 Å². The molecule has 0 aliphatic carbocycles. The average Bonchev–Trinajstić information content (AvgIpc) is 2.88. The molecule has 0 spiro atoms. The fourth-order valence-corrected chi connectivity index (χ4v) is 4.17. The Hall–Kier alpha value is -3.64. The van der Waals surface area contributed by atoms with Crippen LogP contribution in [0.3, 0.4) is 0 Å². The average molecular weight is 456 g/mol. The number of nitrogens with zero attached hydrogens (tertiary/aromatic N) is 3. The van der Waals surface area contributed by atoms with Crippen LogP contribution in [0, 0.1) is 5.92 Å². The quantitative estimate of drug-likeness (QED) is 0.413. The number of aromatic nitrogens is 2. The SMILES string of the molecule is CC(C)COc1ccc(-n2c(-c3ccccc3)nc3ccc(N4CCOCC4)cc3c2=O)cc1. The lowest BCUT2D eigenvalue weighted by Gasteiger charge is -2.29. The van der Waals surface area contributed by atoms with Gasteiger partial charge in [0.05, 0.1) is 36.4 Å². The Morgan fingerprint density at radius 1 is 0.941 bits per heavy atom. The number of hydrogen-bond donors (Lipinski definition) is 0. The lowest BCUT2D eigenvalue weighted by Crippen LogP contribution is -2.36. The number of fused-ring (bicyclic) bond motifs is 1. The van der Waals surface area contributed by atoms with E-state index in [0.29, 0.717) is 42.5 Å². The minimum atomic E-state index is -0.0881. The van der Waals surface area contributed by atoms with Crippen molar-refractivity contribution >= 4 is 16.6 Å². The van der Waals surface area contributed by atoms with Crippen molar-refractivity contribution in [2.75, 3.05) is 37.8 Å². The second-order valence-electron chi connectivity index (χ2n) is 8.94. The lowest BCUT2D eigenvalue weighted by molar-refractivity contribution is 0.122. The van der Waals surface area contributed by atoms with Gasteiger partial charge in [-0.25, -0.2) is 4.98 Å². The molecular formula is C28H29N3O3. The molecular weight excluding hydrogens is 426 g/mol. The monoisotopic (exact) mass is 455 g/mol. The molecule has 6 nitrogen and oxygen atoms in total. The first kappa shape index (κ1) is 22.2. The van der Waals surface area contributed by atoms with E-state index in [-0.39, 0.29) is 5.56 Å². The van der Waals surface area contributed by atoms with E-state index in [1.807, 2.05) is 72.8 Å². The summed E-state index contributed by atoms with van der Waals surface area (Å²) in [5.74, 6) is 1.85. The lowest BCUT2D eigenvalue weighted by atomic mass is 10.1. The Morgan fingerprint density at radius 2 is 1.65 bits per heavy atom. The molecule has 0 amide bonds. The van der Waals surface area contributed by atoms with Crippen molar-refractivity contribution in [2.45, 2.75) is 13.8 Å². The van der Waals surface area contributed by atoms with Crippen molar-refractivity contribution in [1.82, 2.24) is 9.55 Å². The zero-order valence-electron chi connectivity index (χ0n) is 19.6. The molecule has 1 aliphatic heterocycles. The number of morpholine rings is 1. The maximum Gasteiger partial charge on any atom is 0.266 e. The summed E-state index contributed by atoms with van der Waals surface area (Å²) in [7, 11) is 0. The van der Waals surface area contributed by atoms with E-state index >= 15 is 0 Å². The van der Waals surface area contributed by atoms with Gasteiger partial charge in [0.2, 0.25) is 0 Å². The van der Waals surface area contributed by atoms with Gasteiger partial charge in [-0.3, -0.25) is 9.36 Å². The van der Waals surface area contributed by atoms with Gasteiger partial charge in [0.25, 0.3) is 5.56 Å². The van der Waals surface area contributed by atoms with Gasteiger partial charge < -0.3 is 14.4 Å². The van der Waals surface area contributed by atoms with Crippen molar-refractivity contribution in [3.8, 4) is 22.8 Å². The van der Waals surface area contributed by atoms with Gasteiger partial charge in [0.15, 0.2) is 0 Å². The summed E-state index contributed by atoms with van der Waals surface area (Å²) in [6, 6.07) is 23.4. The van der Waals surface area contributed by atoms with E-state index in [1.165, 1.54) is 0 Å². The van der Waals surface area contributed by atoms with Gasteiger partial charge in [-0.2, -0.15) is 0 Å². The van der Waals surface area contributed by atoms with Gasteiger partial charge >= 0.3 is 0 Å². The van der Waals surface area contributed by atoms with Crippen LogP contribution in [-0.4, -0.2) is 42.5 Å². The summed E-state index contributed by atoms with van der Waals surface area (Å²) >= 11 is 0. The summed E-state index contributed by atoms with van der Waals surface area (Å²) in [4.78, 5) is 21.1. The van der Waals surface area contributed by atoms with E-state index in [0.717, 1.165) is 35.8 Å². The normalized spacial score (nSPS) is 14.0. The van der Waals surface area contributed by atoms with Crippen molar-refractivity contribution in [2.24, 2.45) is 5.92 Å². The van der Waals surface area contributed by atoms with Crippen molar-refractivity contribution in [3.63, 3.8) is 0 Å². The maximum atomic E-state index is 13.9. The number of benzene rings is 3. The van der Waals surface area contributed by atoms with Crippen LogP contribution in [0.15, 0.2) is 77.6 Å². The van der Waals surface area contributed by atoms with Crippen molar-refractivity contribution in [1.29, 1.82) is 0 Å². The van der Waals surface area contributed by atoms with Crippen molar-refractivity contribution in [3.05, 3.63) is 83.2 Å². The molecule has 2 heterocycles. The van der Waals surface area contributed by atoms with E-state index in [1.54, 1.807) is 4.57 Å². The molecule has 0 radical (unpaired) electrons. The molecule has 4 aromatic rings. The highest BCUT2D eigenvalue weighted by atomic mass is 16.5. The summed E-state index contributed by atoms with van der Waals surface area (Å²) in [5.41, 5.74) is 3.26. The highest BCUT2D eigenvalue weighted by molar-refractivity contribution is 5.84. The first-order valence-corrected chi connectivity index (χ1v) is 11.8. The Morgan fingerprint density at radius 3 is 2.35 bits per heavy atom. The highest BCUT2D eigenvalue weighted by Crippen LogP contribution is 2.26. The Labute approximate surface area is 199 Å². The third-order valence-electron chi connectivity index (χ3n) is 5.94. The Bertz CT molecular complexity index is 1330. The zero-order valence-corrected chi connectivity index (χ0v) is 19.6. The first-order valence-electron chi connectivity index (χ1n) is 11.8. The van der Waals surface area contributed by atoms with Crippen LogP contribution in [-0.2, 0) is 4.74 Å². The maximum absolute atomic E-state index is 13.9. The molecule has 1 aromatic heterocycles. The van der Waals surface area contributed by atoms with Crippen LogP contribution in [0.4, 0.5) is 5.69 Å². The van der Waals surface area contributed by atoms with Gasteiger partial charge in [-0.05, 0) is 48.4 Å². The van der Waals surface area contributed by atoms with E-state index < -0.39 is 0 Å². The van der Waals surface area contributed by atoms with Crippen LogP contribution >= 0.6 is 0 Å². The standard InChI is InChI=1S/C28H29N3O3/c1-20(2)19-34-24-11-8-22(9-12-24)31-27(21-6-4-3-5-7-21)29-26-13-10-23(18-25(26)28(31)32)30-14-16-33-17-15-30/h3-13,18,20H,14-17,19H2,1-2H3. The van der Waals surface area contributed by atoms with Crippen LogP contribution < -0.4 is 15.2 Å². The molecule has 6 heteroatoms. The van der Waals surface area contributed by atoms with Crippen LogP contribution in [0.5, 0.6) is 5.75 Å². The molecule has 0 bridgehead atoms. The molecule has 3 aromatic carbocycles. The summed E-state index contributed by atoms with van der Waals surface area (Å²) in [5, 5.41) is 0.601. The Balaban J connectivity index is 1.64. The fraction of sp³-hybridized carbons (Fsp3) is 0.286. The zero-order chi connectivity index (χ0) is 23.5. The summed E-state index contributed by atoms with van der Waals surface area (Å²) in [6.07, 6.45) is 0. The smallest absolute Gasteiger partial charge is 0.266 e. The molecule has 0 saturated carbocycles. The van der Waals surface area contributed by atoms with E-state index in [2.05, 4.69) is 18.7 Å². The predicted molar refractivity (Wildman–Crippen MR) is 136 cm³/mol. The van der Waals surface area contributed by atoms with Gasteiger partial charge in [0, 0.05) is 24.3 Å². The van der Waals surface area contributed by atoms with E-state index in [4.69, 9.17) is 14.5 Å². The summed E-state index contributed by atoms with van der Waals surface area (Å²) < 4.78 is 13.0. The minimum absolute atomic E-state index is 0.0881. The number of rotatable bonds is 6. The third kappa shape index (κ3) is 4.54. The highest BCUT2D eigenvalue weighted by Gasteiger charge is 2.17. The topological polar surface area (TPSA) is 56.6 Å². The predicted octanol–water partition coefficient (Wildman–Crippen LogP) is 4.92. The molecule has 174 valence electrons. The molecule has 0 atom stereocenters. The number of hydrogen-bond acceptors (Lipinski definition) is 5. The molecule has 0 N–H and O–H groups in total. The Kier molecular flexibility index (Phi) is 6.32. The summed E-state index contributed by atoms with van der Waals surface area (Å²) in [6.45, 7) is 7.89. The second kappa shape index (κ2) is 9.69. The van der Waals surface area contributed by atoms with Crippen LogP contribution in [0.2, 0.25) is 0 Å². The number of ether oxygens (including phenoxy) is 2.